The summed E-state index contributed by atoms with van der Waals surface area (Å²) in [6.07, 6.45) is 5.45. The van der Waals surface area contributed by atoms with E-state index >= 15 is 0 Å². The molecule has 0 spiro atoms. The molecule has 0 radical (unpaired) electrons. The summed E-state index contributed by atoms with van der Waals surface area (Å²) < 4.78 is 0. The van der Waals surface area contributed by atoms with Crippen molar-refractivity contribution in [3.05, 3.63) is 17.7 Å². The molecule has 1 heterocycles. The second-order valence-corrected chi connectivity index (χ2v) is 5.03. The molecule has 0 bridgehead atoms. The minimum atomic E-state index is 0.394. The highest BCUT2D eigenvalue weighted by atomic mass is 15.0. The Hall–Kier alpha value is -1.16. The largest absolute Gasteiger partial charge is 0.382 e. The number of nitrogens with zero attached hydrogens (tertiary/aromatic N) is 2. The monoisotopic (exact) mass is 234 g/mol. The molecule has 94 valence electrons. The van der Waals surface area contributed by atoms with Gasteiger partial charge in [-0.15, -0.1) is 0 Å². The van der Waals surface area contributed by atoms with E-state index in [1.807, 2.05) is 6.20 Å². The number of hydrogen-bond donors (Lipinski definition) is 2. The lowest BCUT2D eigenvalue weighted by Crippen LogP contribution is -2.11. The van der Waals surface area contributed by atoms with Crippen LogP contribution in [-0.4, -0.2) is 23.1 Å². The molecule has 0 aliphatic heterocycles. The molecule has 1 aromatic heterocycles. The topological polar surface area (TPSA) is 63.8 Å². The fourth-order valence-corrected chi connectivity index (χ4v) is 1.82. The van der Waals surface area contributed by atoms with Crippen LogP contribution in [-0.2, 0) is 0 Å². The van der Waals surface area contributed by atoms with Gasteiger partial charge in [-0.05, 0) is 25.8 Å². The second-order valence-electron chi connectivity index (χ2n) is 5.03. The van der Waals surface area contributed by atoms with Crippen molar-refractivity contribution in [3.63, 3.8) is 0 Å². The lowest BCUT2D eigenvalue weighted by Gasteiger charge is -2.12. The number of hydrogen-bond acceptors (Lipinski definition) is 4. The first-order valence-corrected chi connectivity index (χ1v) is 6.53. The summed E-state index contributed by atoms with van der Waals surface area (Å²) in [4.78, 5) is 9.13. The van der Waals surface area contributed by atoms with E-state index in [9.17, 15) is 0 Å². The van der Waals surface area contributed by atoms with Crippen LogP contribution in [0.5, 0.6) is 0 Å². The predicted octanol–water partition coefficient (Wildman–Crippen LogP) is 2.24. The maximum absolute atomic E-state index is 5.50. The zero-order valence-corrected chi connectivity index (χ0v) is 10.7. The van der Waals surface area contributed by atoms with E-state index in [0.29, 0.717) is 11.8 Å². The van der Waals surface area contributed by atoms with Crippen molar-refractivity contribution in [1.29, 1.82) is 0 Å². The Labute approximate surface area is 103 Å². The highest BCUT2D eigenvalue weighted by Crippen LogP contribution is 2.42. The Balaban J connectivity index is 2.13. The molecule has 1 fully saturated rings. The van der Waals surface area contributed by atoms with Crippen molar-refractivity contribution >= 4 is 5.69 Å². The molecule has 4 heteroatoms. The van der Waals surface area contributed by atoms with Gasteiger partial charge in [-0.25, -0.2) is 9.97 Å². The molecule has 0 atom stereocenters. The van der Waals surface area contributed by atoms with Gasteiger partial charge in [0.05, 0.1) is 17.6 Å². The molecule has 0 aromatic carbocycles. The van der Waals surface area contributed by atoms with Crippen molar-refractivity contribution < 1.29 is 0 Å². The van der Waals surface area contributed by atoms with Gasteiger partial charge in [0.1, 0.15) is 5.82 Å². The summed E-state index contributed by atoms with van der Waals surface area (Å²) >= 11 is 0. The summed E-state index contributed by atoms with van der Waals surface area (Å²) in [5.41, 5.74) is 7.81. The summed E-state index contributed by atoms with van der Waals surface area (Å²) in [5, 5.41) is 3.40. The maximum atomic E-state index is 5.50. The molecule has 3 N–H and O–H groups in total. The standard InChI is InChI=1S/C13H22N4/c1-9(2)13-16-8-11(15-7-3-6-14)12(17-13)10-4-5-10/h8-10,15H,3-7,14H2,1-2H3. The van der Waals surface area contributed by atoms with E-state index in [4.69, 9.17) is 10.7 Å². The number of rotatable bonds is 6. The third-order valence-electron chi connectivity index (χ3n) is 3.01. The summed E-state index contributed by atoms with van der Waals surface area (Å²) in [6.45, 7) is 5.89. The number of nitrogens with one attached hydrogen (secondary N) is 1. The van der Waals surface area contributed by atoms with Crippen LogP contribution in [0.1, 0.15) is 56.5 Å². The van der Waals surface area contributed by atoms with E-state index in [0.717, 1.165) is 31.0 Å². The van der Waals surface area contributed by atoms with E-state index in [1.165, 1.54) is 18.5 Å². The first-order valence-electron chi connectivity index (χ1n) is 6.53. The van der Waals surface area contributed by atoms with Gasteiger partial charge in [-0.2, -0.15) is 0 Å². The van der Waals surface area contributed by atoms with Crippen LogP contribution < -0.4 is 11.1 Å². The Morgan fingerprint density at radius 2 is 2.24 bits per heavy atom. The predicted molar refractivity (Wildman–Crippen MR) is 70.3 cm³/mol. The highest BCUT2D eigenvalue weighted by molar-refractivity contribution is 5.49. The number of anilines is 1. The minimum Gasteiger partial charge on any atom is -0.382 e. The fourth-order valence-electron chi connectivity index (χ4n) is 1.82. The maximum Gasteiger partial charge on any atom is 0.131 e. The van der Waals surface area contributed by atoms with Crippen LogP contribution in [0.15, 0.2) is 6.20 Å². The smallest absolute Gasteiger partial charge is 0.131 e. The third-order valence-corrected chi connectivity index (χ3v) is 3.01. The molecule has 0 saturated heterocycles. The van der Waals surface area contributed by atoms with Gasteiger partial charge in [0.2, 0.25) is 0 Å². The molecule has 0 unspecified atom stereocenters. The molecule has 1 aromatic rings. The number of nitrogens with two attached hydrogens (primary N) is 1. The molecule has 4 nitrogen and oxygen atoms in total. The van der Waals surface area contributed by atoms with Crippen LogP contribution in [0.3, 0.4) is 0 Å². The van der Waals surface area contributed by atoms with Gasteiger partial charge in [0, 0.05) is 18.4 Å². The van der Waals surface area contributed by atoms with Gasteiger partial charge < -0.3 is 11.1 Å². The highest BCUT2D eigenvalue weighted by Gasteiger charge is 2.28. The lowest BCUT2D eigenvalue weighted by atomic mass is 10.1. The Morgan fingerprint density at radius 3 is 2.82 bits per heavy atom. The third kappa shape index (κ3) is 3.16. The van der Waals surface area contributed by atoms with E-state index < -0.39 is 0 Å². The van der Waals surface area contributed by atoms with Crippen LogP contribution in [0.4, 0.5) is 5.69 Å². The SMILES string of the molecule is CC(C)c1ncc(NCCCN)c(C2CC2)n1. The minimum absolute atomic E-state index is 0.394. The summed E-state index contributed by atoms with van der Waals surface area (Å²) in [5.74, 6) is 2.00. The summed E-state index contributed by atoms with van der Waals surface area (Å²) in [7, 11) is 0. The van der Waals surface area contributed by atoms with E-state index in [1.54, 1.807) is 0 Å². The van der Waals surface area contributed by atoms with Crippen LogP contribution in [0, 0.1) is 0 Å². The molecule has 1 aliphatic rings. The molecular formula is C13H22N4. The zero-order valence-electron chi connectivity index (χ0n) is 10.7. The molecule has 17 heavy (non-hydrogen) atoms. The molecule has 1 aliphatic carbocycles. The Morgan fingerprint density at radius 1 is 1.47 bits per heavy atom. The van der Waals surface area contributed by atoms with E-state index in [2.05, 4.69) is 24.1 Å². The van der Waals surface area contributed by atoms with Crippen molar-refractivity contribution in [3.8, 4) is 0 Å². The first-order chi connectivity index (χ1) is 8.22. The van der Waals surface area contributed by atoms with Crippen molar-refractivity contribution in [1.82, 2.24) is 9.97 Å². The van der Waals surface area contributed by atoms with Crippen LogP contribution >= 0.6 is 0 Å². The Kier molecular flexibility index (Phi) is 3.94. The van der Waals surface area contributed by atoms with Gasteiger partial charge in [0.25, 0.3) is 0 Å². The molecular weight excluding hydrogens is 212 g/mol. The second kappa shape index (κ2) is 5.45. The quantitative estimate of drug-likeness (QED) is 0.741. The van der Waals surface area contributed by atoms with Crippen LogP contribution in [0.2, 0.25) is 0 Å². The normalized spacial score (nSPS) is 15.3. The van der Waals surface area contributed by atoms with Gasteiger partial charge in [0.15, 0.2) is 0 Å². The van der Waals surface area contributed by atoms with Crippen molar-refractivity contribution in [2.75, 3.05) is 18.4 Å². The van der Waals surface area contributed by atoms with Gasteiger partial charge in [-0.3, -0.25) is 0 Å². The Bertz CT molecular complexity index is 372. The van der Waals surface area contributed by atoms with Crippen LogP contribution in [0.25, 0.3) is 0 Å². The van der Waals surface area contributed by atoms with Crippen molar-refractivity contribution in [2.24, 2.45) is 5.73 Å². The fraction of sp³-hybridized carbons (Fsp3) is 0.692. The van der Waals surface area contributed by atoms with E-state index in [-0.39, 0.29) is 0 Å². The van der Waals surface area contributed by atoms with Gasteiger partial charge >= 0.3 is 0 Å². The lowest BCUT2D eigenvalue weighted by molar-refractivity contribution is 0.756. The first kappa shape index (κ1) is 12.3. The molecule has 0 amide bonds. The average Bonchev–Trinajstić information content (AvgIpc) is 3.13. The van der Waals surface area contributed by atoms with Gasteiger partial charge in [-0.1, -0.05) is 13.8 Å². The zero-order chi connectivity index (χ0) is 12.3. The van der Waals surface area contributed by atoms with Crippen molar-refractivity contribution in [2.45, 2.75) is 44.9 Å². The number of aromatic nitrogens is 2. The summed E-state index contributed by atoms with van der Waals surface area (Å²) in [6, 6.07) is 0. The molecule has 2 rings (SSSR count). The molecule has 1 saturated carbocycles. The average molecular weight is 234 g/mol.